The summed E-state index contributed by atoms with van der Waals surface area (Å²) in [5.41, 5.74) is 5.39. The molecule has 1 aliphatic rings. The third kappa shape index (κ3) is 2.12. The van der Waals surface area contributed by atoms with E-state index >= 15 is 0 Å². The Labute approximate surface area is 79.2 Å². The van der Waals surface area contributed by atoms with E-state index in [9.17, 15) is 5.11 Å². The molecule has 76 valence electrons. The minimum Gasteiger partial charge on any atom is -0.390 e. The van der Waals surface area contributed by atoms with Gasteiger partial charge in [-0.25, -0.2) is 0 Å². The van der Waals surface area contributed by atoms with Gasteiger partial charge in [0, 0.05) is 0 Å². The fraction of sp³-hybridized carbons (Fsp3) is 0.889. The maximum Gasteiger partial charge on any atom is 0.189 e. The van der Waals surface area contributed by atoms with E-state index in [4.69, 9.17) is 5.73 Å². The SMILES string of the molecule is CCC(C)(C)[C@H](O)C1CN=C(N)N1. The van der Waals surface area contributed by atoms with E-state index in [1.807, 2.05) is 13.8 Å². The van der Waals surface area contributed by atoms with Crippen molar-refractivity contribution in [3.8, 4) is 0 Å². The molecule has 0 radical (unpaired) electrons. The second-order valence-corrected chi connectivity index (χ2v) is 4.26. The van der Waals surface area contributed by atoms with E-state index in [2.05, 4.69) is 17.2 Å². The second kappa shape index (κ2) is 3.54. The highest BCUT2D eigenvalue weighted by Gasteiger charge is 2.34. The molecule has 0 bridgehead atoms. The van der Waals surface area contributed by atoms with Crippen LogP contribution in [0.1, 0.15) is 27.2 Å². The Morgan fingerprint density at radius 3 is 2.77 bits per heavy atom. The topological polar surface area (TPSA) is 70.6 Å². The van der Waals surface area contributed by atoms with Crippen LogP contribution in [0.5, 0.6) is 0 Å². The van der Waals surface area contributed by atoms with Crippen LogP contribution in [0.4, 0.5) is 0 Å². The first-order valence-electron chi connectivity index (χ1n) is 4.72. The average molecular weight is 185 g/mol. The number of hydrogen-bond acceptors (Lipinski definition) is 4. The van der Waals surface area contributed by atoms with Gasteiger partial charge in [0.15, 0.2) is 5.96 Å². The molecule has 0 aliphatic carbocycles. The lowest BCUT2D eigenvalue weighted by Gasteiger charge is -2.33. The highest BCUT2D eigenvalue weighted by Crippen LogP contribution is 2.27. The Morgan fingerprint density at radius 2 is 2.38 bits per heavy atom. The number of hydrogen-bond donors (Lipinski definition) is 3. The summed E-state index contributed by atoms with van der Waals surface area (Å²) in [6.45, 7) is 6.75. The predicted molar refractivity (Wildman–Crippen MR) is 53.5 cm³/mol. The summed E-state index contributed by atoms with van der Waals surface area (Å²) in [6, 6.07) is -0.0186. The third-order valence-corrected chi connectivity index (χ3v) is 2.88. The molecule has 0 saturated carbocycles. The van der Waals surface area contributed by atoms with Gasteiger partial charge in [-0.3, -0.25) is 4.99 Å². The lowest BCUT2D eigenvalue weighted by molar-refractivity contribution is 0.0255. The van der Waals surface area contributed by atoms with E-state index in [0.29, 0.717) is 12.5 Å². The summed E-state index contributed by atoms with van der Waals surface area (Å²) < 4.78 is 0. The minimum absolute atomic E-state index is 0.0186. The predicted octanol–water partition coefficient (Wildman–Crippen LogP) is 0.0700. The first kappa shape index (κ1) is 10.3. The van der Waals surface area contributed by atoms with E-state index in [1.54, 1.807) is 0 Å². The second-order valence-electron chi connectivity index (χ2n) is 4.26. The molecule has 1 unspecified atom stereocenters. The maximum absolute atomic E-state index is 10.0. The number of aliphatic hydroxyl groups excluding tert-OH is 1. The van der Waals surface area contributed by atoms with Crippen LogP contribution in [-0.2, 0) is 0 Å². The van der Waals surface area contributed by atoms with Gasteiger partial charge in [-0.15, -0.1) is 0 Å². The summed E-state index contributed by atoms with van der Waals surface area (Å²) in [7, 11) is 0. The van der Waals surface area contributed by atoms with Crippen molar-refractivity contribution in [2.45, 2.75) is 39.3 Å². The lowest BCUT2D eigenvalue weighted by atomic mass is 9.80. The van der Waals surface area contributed by atoms with Crippen molar-refractivity contribution >= 4 is 5.96 Å². The number of aliphatic imine (C=N–C) groups is 1. The lowest BCUT2D eigenvalue weighted by Crippen LogP contribution is -2.49. The molecule has 0 spiro atoms. The summed E-state index contributed by atoms with van der Waals surface area (Å²) in [4.78, 5) is 4.01. The van der Waals surface area contributed by atoms with Crippen LogP contribution in [0.15, 0.2) is 4.99 Å². The summed E-state index contributed by atoms with van der Waals surface area (Å²) in [6.07, 6.45) is 0.536. The molecule has 0 aromatic heterocycles. The van der Waals surface area contributed by atoms with Crippen molar-refractivity contribution in [1.82, 2.24) is 5.32 Å². The van der Waals surface area contributed by atoms with E-state index in [-0.39, 0.29) is 11.5 Å². The molecule has 4 heteroatoms. The Balaban J connectivity index is 2.54. The number of guanidine groups is 1. The molecule has 0 aromatic carbocycles. The van der Waals surface area contributed by atoms with Crippen molar-refractivity contribution in [2.75, 3.05) is 6.54 Å². The quantitative estimate of drug-likeness (QED) is 0.582. The summed E-state index contributed by atoms with van der Waals surface area (Å²) >= 11 is 0. The van der Waals surface area contributed by atoms with Crippen molar-refractivity contribution < 1.29 is 5.11 Å². The number of nitrogens with zero attached hydrogens (tertiary/aromatic N) is 1. The number of nitrogens with two attached hydrogens (primary N) is 1. The van der Waals surface area contributed by atoms with Crippen LogP contribution in [0.25, 0.3) is 0 Å². The smallest absolute Gasteiger partial charge is 0.189 e. The first-order valence-corrected chi connectivity index (χ1v) is 4.72. The molecule has 4 N–H and O–H groups in total. The van der Waals surface area contributed by atoms with Gasteiger partial charge in [-0.2, -0.15) is 0 Å². The molecule has 0 amide bonds. The van der Waals surface area contributed by atoms with Gasteiger partial charge in [-0.1, -0.05) is 20.8 Å². The molecule has 0 saturated heterocycles. The normalized spacial score (nSPS) is 25.2. The molecule has 13 heavy (non-hydrogen) atoms. The van der Waals surface area contributed by atoms with Crippen LogP contribution < -0.4 is 11.1 Å². The Kier molecular flexibility index (Phi) is 2.81. The Bertz CT molecular complexity index is 213. The molecule has 2 atom stereocenters. The van der Waals surface area contributed by atoms with Crippen LogP contribution in [0, 0.1) is 5.41 Å². The number of nitrogens with one attached hydrogen (secondary N) is 1. The molecule has 1 rings (SSSR count). The zero-order chi connectivity index (χ0) is 10.1. The van der Waals surface area contributed by atoms with E-state index < -0.39 is 6.10 Å². The van der Waals surface area contributed by atoms with Gasteiger partial charge < -0.3 is 16.2 Å². The van der Waals surface area contributed by atoms with Gasteiger partial charge in [-0.05, 0) is 11.8 Å². The van der Waals surface area contributed by atoms with Crippen molar-refractivity contribution in [3.05, 3.63) is 0 Å². The van der Waals surface area contributed by atoms with Gasteiger partial charge in [0.05, 0.1) is 18.7 Å². The largest absolute Gasteiger partial charge is 0.390 e. The monoisotopic (exact) mass is 185 g/mol. The highest BCUT2D eigenvalue weighted by atomic mass is 16.3. The molecule has 4 nitrogen and oxygen atoms in total. The van der Waals surface area contributed by atoms with Gasteiger partial charge in [0.25, 0.3) is 0 Å². The van der Waals surface area contributed by atoms with Gasteiger partial charge in [0.2, 0.25) is 0 Å². The van der Waals surface area contributed by atoms with Gasteiger partial charge in [0.1, 0.15) is 0 Å². The fourth-order valence-electron chi connectivity index (χ4n) is 1.41. The molecular weight excluding hydrogens is 166 g/mol. The first-order chi connectivity index (χ1) is 5.97. The van der Waals surface area contributed by atoms with Crippen molar-refractivity contribution in [2.24, 2.45) is 16.1 Å². The van der Waals surface area contributed by atoms with Crippen molar-refractivity contribution in [3.63, 3.8) is 0 Å². The van der Waals surface area contributed by atoms with Crippen LogP contribution in [-0.4, -0.2) is 29.8 Å². The summed E-state index contributed by atoms with van der Waals surface area (Å²) in [5.74, 6) is 0.441. The number of aliphatic hydroxyl groups is 1. The zero-order valence-electron chi connectivity index (χ0n) is 8.54. The maximum atomic E-state index is 10.0. The van der Waals surface area contributed by atoms with Crippen LogP contribution in [0.3, 0.4) is 0 Å². The van der Waals surface area contributed by atoms with Crippen LogP contribution in [0.2, 0.25) is 0 Å². The van der Waals surface area contributed by atoms with E-state index in [0.717, 1.165) is 6.42 Å². The standard InChI is InChI=1S/C9H19N3O/c1-4-9(2,3)7(13)6-5-11-8(10)12-6/h6-7,13H,4-5H2,1-3H3,(H3,10,11,12)/t6?,7-/m1/s1. The minimum atomic E-state index is -0.401. The van der Waals surface area contributed by atoms with Gasteiger partial charge >= 0.3 is 0 Å². The molecular formula is C9H19N3O. The molecule has 0 fully saturated rings. The molecule has 0 aromatic rings. The average Bonchev–Trinajstić information content (AvgIpc) is 2.50. The summed E-state index contributed by atoms with van der Waals surface area (Å²) in [5, 5.41) is 13.0. The molecule has 1 aliphatic heterocycles. The Morgan fingerprint density at radius 1 is 1.77 bits per heavy atom. The fourth-order valence-corrected chi connectivity index (χ4v) is 1.41. The van der Waals surface area contributed by atoms with Crippen molar-refractivity contribution in [1.29, 1.82) is 0 Å². The van der Waals surface area contributed by atoms with E-state index in [1.165, 1.54) is 0 Å². The highest BCUT2D eigenvalue weighted by molar-refractivity contribution is 5.79. The number of rotatable bonds is 3. The zero-order valence-corrected chi connectivity index (χ0v) is 8.54. The molecule has 1 heterocycles. The Hall–Kier alpha value is -0.770. The third-order valence-electron chi connectivity index (χ3n) is 2.88. The van der Waals surface area contributed by atoms with Crippen LogP contribution >= 0.6 is 0 Å².